The van der Waals surface area contributed by atoms with Crippen molar-refractivity contribution >= 4 is 5.69 Å². The van der Waals surface area contributed by atoms with Crippen molar-refractivity contribution in [3.63, 3.8) is 0 Å². The van der Waals surface area contributed by atoms with Gasteiger partial charge in [0.05, 0.1) is 0 Å². The minimum Gasteiger partial charge on any atom is -0.398 e. The molecule has 0 radical (unpaired) electrons. The van der Waals surface area contributed by atoms with Crippen molar-refractivity contribution in [2.75, 3.05) is 5.73 Å². The molecule has 0 unspecified atom stereocenters. The smallest absolute Gasteiger partial charge is 0.181 e. The Kier molecular flexibility index (Phi) is 3.21. The monoisotopic (exact) mass is 264 g/mol. The van der Waals surface area contributed by atoms with Gasteiger partial charge >= 0.3 is 0 Å². The molecule has 0 spiro atoms. The summed E-state index contributed by atoms with van der Waals surface area (Å²) in [4.78, 5) is 4.52. The zero-order valence-electron chi connectivity index (χ0n) is 11.3. The van der Waals surface area contributed by atoms with Gasteiger partial charge in [-0.25, -0.2) is 4.98 Å². The van der Waals surface area contributed by atoms with Crippen LogP contribution in [0.4, 0.5) is 5.69 Å². The van der Waals surface area contributed by atoms with Crippen LogP contribution in [0.3, 0.4) is 0 Å². The number of nitrogen functional groups attached to an aromatic ring is 1. The molecule has 3 N–H and O–H groups in total. The second kappa shape index (κ2) is 5.17. The maximum Gasteiger partial charge on any atom is 0.181 e. The molecule has 100 valence electrons. The molecule has 0 aliphatic rings. The lowest BCUT2D eigenvalue weighted by Gasteiger charge is -2.01. The van der Waals surface area contributed by atoms with Gasteiger partial charge in [0.15, 0.2) is 5.82 Å². The number of benzene rings is 2. The van der Waals surface area contributed by atoms with E-state index in [9.17, 15) is 0 Å². The molecule has 1 heterocycles. The molecular weight excluding hydrogens is 248 g/mol. The molecule has 3 aromatic rings. The van der Waals surface area contributed by atoms with Crippen LogP contribution in [0.15, 0.2) is 48.5 Å². The van der Waals surface area contributed by atoms with Crippen LogP contribution in [0, 0.1) is 6.92 Å². The Labute approximate surface area is 117 Å². The number of hydrogen-bond acceptors (Lipinski definition) is 3. The molecule has 4 nitrogen and oxygen atoms in total. The van der Waals surface area contributed by atoms with Crippen LogP contribution in [-0.4, -0.2) is 15.2 Å². The Bertz CT molecular complexity index is 716. The summed E-state index contributed by atoms with van der Waals surface area (Å²) in [6.07, 6.45) is 0.745. The van der Waals surface area contributed by atoms with Crippen molar-refractivity contribution in [3.05, 3.63) is 65.5 Å². The van der Waals surface area contributed by atoms with E-state index in [2.05, 4.69) is 27.3 Å². The predicted octanol–water partition coefficient (Wildman–Crippen LogP) is 2.95. The van der Waals surface area contributed by atoms with Crippen molar-refractivity contribution in [1.82, 2.24) is 15.2 Å². The number of aryl methyl sites for hydroxylation is 1. The van der Waals surface area contributed by atoms with E-state index < -0.39 is 0 Å². The van der Waals surface area contributed by atoms with Crippen LogP contribution in [-0.2, 0) is 6.42 Å². The van der Waals surface area contributed by atoms with Crippen LogP contribution >= 0.6 is 0 Å². The van der Waals surface area contributed by atoms with E-state index in [1.165, 1.54) is 5.56 Å². The molecule has 0 amide bonds. The van der Waals surface area contributed by atoms with Crippen LogP contribution in [0.25, 0.3) is 11.4 Å². The van der Waals surface area contributed by atoms with Gasteiger partial charge in [0.2, 0.25) is 0 Å². The van der Waals surface area contributed by atoms with Gasteiger partial charge in [-0.2, -0.15) is 5.10 Å². The van der Waals surface area contributed by atoms with E-state index >= 15 is 0 Å². The first-order valence-electron chi connectivity index (χ1n) is 6.54. The largest absolute Gasteiger partial charge is 0.398 e. The number of H-pyrrole nitrogens is 1. The zero-order valence-corrected chi connectivity index (χ0v) is 11.3. The highest BCUT2D eigenvalue weighted by Crippen LogP contribution is 2.21. The number of nitrogens with two attached hydrogens (primary N) is 1. The summed E-state index contributed by atoms with van der Waals surface area (Å²) >= 11 is 0. The fourth-order valence-electron chi connectivity index (χ4n) is 2.07. The number of hydrogen-bond donors (Lipinski definition) is 2. The molecule has 2 aromatic carbocycles. The van der Waals surface area contributed by atoms with E-state index in [0.29, 0.717) is 5.82 Å². The molecule has 3 rings (SSSR count). The molecule has 4 heteroatoms. The summed E-state index contributed by atoms with van der Waals surface area (Å²) in [5.41, 5.74) is 9.89. The molecule has 0 bridgehead atoms. The molecule has 0 fully saturated rings. The number of aromatic nitrogens is 3. The number of nitrogens with one attached hydrogen (secondary N) is 1. The van der Waals surface area contributed by atoms with E-state index in [1.807, 2.05) is 43.3 Å². The summed E-state index contributed by atoms with van der Waals surface area (Å²) in [6.45, 7) is 1.98. The molecule has 0 saturated carbocycles. The third-order valence-corrected chi connectivity index (χ3v) is 3.28. The Morgan fingerprint density at radius 1 is 1.10 bits per heavy atom. The number of nitrogens with zero attached hydrogens (tertiary/aromatic N) is 2. The summed E-state index contributed by atoms with van der Waals surface area (Å²) in [5.74, 6) is 1.54. The normalized spacial score (nSPS) is 10.7. The van der Waals surface area contributed by atoms with Crippen LogP contribution < -0.4 is 5.73 Å². The van der Waals surface area contributed by atoms with Crippen LogP contribution in [0.5, 0.6) is 0 Å². The Balaban J connectivity index is 1.84. The first-order chi connectivity index (χ1) is 9.72. The Morgan fingerprint density at radius 2 is 1.90 bits per heavy atom. The van der Waals surface area contributed by atoms with E-state index in [-0.39, 0.29) is 0 Å². The summed E-state index contributed by atoms with van der Waals surface area (Å²) < 4.78 is 0. The molecule has 0 saturated heterocycles. The molecule has 20 heavy (non-hydrogen) atoms. The Hall–Kier alpha value is -2.62. The average Bonchev–Trinajstić information content (AvgIpc) is 2.91. The van der Waals surface area contributed by atoms with Gasteiger partial charge < -0.3 is 5.73 Å². The quantitative estimate of drug-likeness (QED) is 0.715. The first-order valence-corrected chi connectivity index (χ1v) is 6.54. The average molecular weight is 264 g/mol. The molecule has 0 atom stereocenters. The van der Waals surface area contributed by atoms with Crippen molar-refractivity contribution in [2.45, 2.75) is 13.3 Å². The summed E-state index contributed by atoms with van der Waals surface area (Å²) in [7, 11) is 0. The van der Waals surface area contributed by atoms with Crippen molar-refractivity contribution in [3.8, 4) is 11.4 Å². The van der Waals surface area contributed by atoms with Gasteiger partial charge in [0, 0.05) is 17.7 Å². The third kappa shape index (κ3) is 2.54. The SMILES string of the molecule is Cc1ccc(-c2n[nH]c(Cc3ccccc3)n2)cc1N. The lowest BCUT2D eigenvalue weighted by molar-refractivity contribution is 0.973. The number of rotatable bonds is 3. The van der Waals surface area contributed by atoms with E-state index in [4.69, 9.17) is 5.73 Å². The number of anilines is 1. The topological polar surface area (TPSA) is 67.6 Å². The second-order valence-corrected chi connectivity index (χ2v) is 4.84. The van der Waals surface area contributed by atoms with Gasteiger partial charge in [0.25, 0.3) is 0 Å². The molecule has 1 aromatic heterocycles. The third-order valence-electron chi connectivity index (χ3n) is 3.28. The highest BCUT2D eigenvalue weighted by molar-refractivity contribution is 5.63. The maximum absolute atomic E-state index is 5.92. The second-order valence-electron chi connectivity index (χ2n) is 4.84. The van der Waals surface area contributed by atoms with Crippen LogP contribution in [0.2, 0.25) is 0 Å². The fourth-order valence-corrected chi connectivity index (χ4v) is 2.07. The predicted molar refractivity (Wildman–Crippen MR) is 80.2 cm³/mol. The minimum absolute atomic E-state index is 0.683. The van der Waals surface area contributed by atoms with Gasteiger partial charge in [-0.05, 0) is 24.1 Å². The summed E-state index contributed by atoms with van der Waals surface area (Å²) in [5, 5.41) is 7.25. The standard InChI is InChI=1S/C16H16N4/c1-11-7-8-13(10-14(11)17)16-18-15(19-20-16)9-12-5-3-2-4-6-12/h2-8,10H,9,17H2,1H3,(H,18,19,20). The minimum atomic E-state index is 0.683. The maximum atomic E-state index is 5.92. The molecule has 0 aliphatic carbocycles. The lowest BCUT2D eigenvalue weighted by Crippen LogP contribution is -1.91. The van der Waals surface area contributed by atoms with E-state index in [0.717, 1.165) is 29.1 Å². The fraction of sp³-hybridized carbons (Fsp3) is 0.125. The summed E-state index contributed by atoms with van der Waals surface area (Å²) in [6, 6.07) is 16.1. The van der Waals surface area contributed by atoms with Crippen molar-refractivity contribution in [1.29, 1.82) is 0 Å². The van der Waals surface area contributed by atoms with Crippen LogP contribution in [0.1, 0.15) is 17.0 Å². The lowest BCUT2D eigenvalue weighted by atomic mass is 10.1. The van der Waals surface area contributed by atoms with Gasteiger partial charge in [-0.1, -0.05) is 42.5 Å². The van der Waals surface area contributed by atoms with Crippen molar-refractivity contribution in [2.24, 2.45) is 0 Å². The molecule has 0 aliphatic heterocycles. The van der Waals surface area contributed by atoms with Gasteiger partial charge in [-0.15, -0.1) is 0 Å². The highest BCUT2D eigenvalue weighted by atomic mass is 15.2. The highest BCUT2D eigenvalue weighted by Gasteiger charge is 2.07. The van der Waals surface area contributed by atoms with Crippen molar-refractivity contribution < 1.29 is 0 Å². The first kappa shape index (κ1) is 12.4. The number of aromatic amines is 1. The van der Waals surface area contributed by atoms with Gasteiger partial charge in [0.1, 0.15) is 5.82 Å². The Morgan fingerprint density at radius 3 is 2.65 bits per heavy atom. The molecular formula is C16H16N4. The zero-order chi connectivity index (χ0) is 13.9. The van der Waals surface area contributed by atoms with E-state index in [1.54, 1.807) is 0 Å². The van der Waals surface area contributed by atoms with Gasteiger partial charge in [-0.3, -0.25) is 5.10 Å².